The number of pyridine rings is 1. The highest BCUT2D eigenvalue weighted by Gasteiger charge is 2.07. The Kier molecular flexibility index (Phi) is 2.91. The summed E-state index contributed by atoms with van der Waals surface area (Å²) in [4.78, 5) is 8.74. The topological polar surface area (TPSA) is 64.9 Å². The Balaban J connectivity index is 1.78. The van der Waals surface area contributed by atoms with Gasteiger partial charge in [-0.2, -0.15) is 4.98 Å². The van der Waals surface area contributed by atoms with E-state index < -0.39 is 0 Å². The van der Waals surface area contributed by atoms with Crippen LogP contribution in [-0.2, 0) is 12.8 Å². The molecule has 4 heteroatoms. The van der Waals surface area contributed by atoms with Gasteiger partial charge in [0.1, 0.15) is 0 Å². The SMILES string of the molecule is Cc1ccc2oc(CCc3cccc(N)c3)nc2n1. The lowest BCUT2D eigenvalue weighted by molar-refractivity contribution is 0.528. The first-order valence-corrected chi connectivity index (χ1v) is 6.28. The number of nitrogens with zero attached hydrogens (tertiary/aromatic N) is 2. The van der Waals surface area contributed by atoms with Crippen molar-refractivity contribution in [2.45, 2.75) is 19.8 Å². The van der Waals surface area contributed by atoms with E-state index in [9.17, 15) is 0 Å². The van der Waals surface area contributed by atoms with Crippen molar-refractivity contribution in [1.29, 1.82) is 0 Å². The first kappa shape index (κ1) is 11.7. The van der Waals surface area contributed by atoms with Gasteiger partial charge in [-0.25, -0.2) is 4.98 Å². The van der Waals surface area contributed by atoms with Gasteiger partial charge in [-0.05, 0) is 43.2 Å². The van der Waals surface area contributed by atoms with Crippen LogP contribution < -0.4 is 5.73 Å². The van der Waals surface area contributed by atoms with Crippen molar-refractivity contribution >= 4 is 16.9 Å². The summed E-state index contributed by atoms with van der Waals surface area (Å²) in [5.74, 6) is 0.718. The number of benzene rings is 1. The van der Waals surface area contributed by atoms with Crippen LogP contribution >= 0.6 is 0 Å². The first-order valence-electron chi connectivity index (χ1n) is 6.28. The van der Waals surface area contributed by atoms with Crippen molar-refractivity contribution in [2.24, 2.45) is 0 Å². The van der Waals surface area contributed by atoms with Gasteiger partial charge in [-0.3, -0.25) is 0 Å². The average molecular weight is 253 g/mol. The van der Waals surface area contributed by atoms with Crippen LogP contribution in [0.15, 0.2) is 40.8 Å². The molecule has 0 unspecified atom stereocenters. The average Bonchev–Trinajstić information content (AvgIpc) is 2.78. The van der Waals surface area contributed by atoms with Crippen LogP contribution in [0.1, 0.15) is 17.1 Å². The summed E-state index contributed by atoms with van der Waals surface area (Å²) in [6.07, 6.45) is 1.61. The molecule has 0 atom stereocenters. The van der Waals surface area contributed by atoms with Crippen molar-refractivity contribution in [2.75, 3.05) is 5.73 Å². The zero-order chi connectivity index (χ0) is 13.2. The summed E-state index contributed by atoms with van der Waals surface area (Å²) in [5, 5.41) is 0. The predicted molar refractivity (Wildman–Crippen MR) is 74.8 cm³/mol. The highest BCUT2D eigenvalue weighted by molar-refractivity contribution is 5.67. The standard InChI is InChI=1S/C15H15N3O/c1-10-5-7-13-15(17-10)18-14(19-13)8-6-11-3-2-4-12(16)9-11/h2-5,7,9H,6,8,16H2,1H3. The van der Waals surface area contributed by atoms with E-state index in [0.29, 0.717) is 5.65 Å². The molecule has 96 valence electrons. The van der Waals surface area contributed by atoms with Crippen LogP contribution in [0.3, 0.4) is 0 Å². The quantitative estimate of drug-likeness (QED) is 0.729. The molecule has 0 saturated heterocycles. The summed E-state index contributed by atoms with van der Waals surface area (Å²) in [6, 6.07) is 11.7. The molecule has 0 fully saturated rings. The van der Waals surface area contributed by atoms with Crippen LogP contribution in [0.4, 0.5) is 5.69 Å². The Labute approximate surface area is 111 Å². The molecular formula is C15H15N3O. The molecule has 0 aliphatic heterocycles. The minimum Gasteiger partial charge on any atom is -0.439 e. The Bertz CT molecular complexity index is 718. The van der Waals surface area contributed by atoms with E-state index in [4.69, 9.17) is 10.2 Å². The molecule has 0 spiro atoms. The molecule has 2 N–H and O–H groups in total. The third kappa shape index (κ3) is 2.57. The molecule has 0 bridgehead atoms. The van der Waals surface area contributed by atoms with E-state index in [1.807, 2.05) is 37.3 Å². The second-order valence-electron chi connectivity index (χ2n) is 4.63. The second-order valence-corrected chi connectivity index (χ2v) is 4.63. The fourth-order valence-electron chi connectivity index (χ4n) is 2.06. The van der Waals surface area contributed by atoms with Gasteiger partial charge in [-0.15, -0.1) is 0 Å². The van der Waals surface area contributed by atoms with Gasteiger partial charge in [0.25, 0.3) is 0 Å². The number of rotatable bonds is 3. The van der Waals surface area contributed by atoms with Crippen LogP contribution in [0.5, 0.6) is 0 Å². The number of aromatic nitrogens is 2. The van der Waals surface area contributed by atoms with E-state index in [1.165, 1.54) is 5.56 Å². The largest absolute Gasteiger partial charge is 0.439 e. The number of nitrogen functional groups attached to an aromatic ring is 1. The number of aryl methyl sites for hydroxylation is 3. The molecular weight excluding hydrogens is 238 g/mol. The minimum absolute atomic E-state index is 0.683. The highest BCUT2D eigenvalue weighted by atomic mass is 16.3. The van der Waals surface area contributed by atoms with Crippen molar-refractivity contribution in [3.8, 4) is 0 Å². The lowest BCUT2D eigenvalue weighted by Crippen LogP contribution is -1.93. The van der Waals surface area contributed by atoms with E-state index in [-0.39, 0.29) is 0 Å². The zero-order valence-electron chi connectivity index (χ0n) is 10.8. The molecule has 0 amide bonds. The van der Waals surface area contributed by atoms with Crippen LogP contribution in [-0.4, -0.2) is 9.97 Å². The van der Waals surface area contributed by atoms with Crippen LogP contribution in [0, 0.1) is 6.92 Å². The third-order valence-corrected chi connectivity index (χ3v) is 3.02. The Hall–Kier alpha value is -2.36. The summed E-state index contributed by atoms with van der Waals surface area (Å²) in [6.45, 7) is 1.94. The van der Waals surface area contributed by atoms with Gasteiger partial charge in [0.2, 0.25) is 0 Å². The summed E-state index contributed by atoms with van der Waals surface area (Å²) >= 11 is 0. The monoisotopic (exact) mass is 253 g/mol. The van der Waals surface area contributed by atoms with E-state index in [1.54, 1.807) is 0 Å². The maximum Gasteiger partial charge on any atom is 0.199 e. The molecule has 3 rings (SSSR count). The van der Waals surface area contributed by atoms with Gasteiger partial charge in [0.15, 0.2) is 17.1 Å². The Morgan fingerprint density at radius 2 is 2.00 bits per heavy atom. The van der Waals surface area contributed by atoms with E-state index >= 15 is 0 Å². The van der Waals surface area contributed by atoms with Gasteiger partial charge in [-0.1, -0.05) is 12.1 Å². The van der Waals surface area contributed by atoms with Crippen molar-refractivity contribution in [3.63, 3.8) is 0 Å². The second kappa shape index (κ2) is 4.72. The number of hydrogen-bond acceptors (Lipinski definition) is 4. The normalized spacial score (nSPS) is 11.0. The molecule has 0 saturated carbocycles. The molecule has 19 heavy (non-hydrogen) atoms. The smallest absolute Gasteiger partial charge is 0.199 e. The van der Waals surface area contributed by atoms with Gasteiger partial charge < -0.3 is 10.2 Å². The molecule has 2 heterocycles. The number of fused-ring (bicyclic) bond motifs is 1. The van der Waals surface area contributed by atoms with Crippen LogP contribution in [0.2, 0.25) is 0 Å². The number of hydrogen-bond donors (Lipinski definition) is 1. The molecule has 3 aromatic rings. The molecule has 4 nitrogen and oxygen atoms in total. The van der Waals surface area contributed by atoms with Gasteiger partial charge in [0, 0.05) is 17.8 Å². The lowest BCUT2D eigenvalue weighted by Gasteiger charge is -1.99. The fraction of sp³-hybridized carbons (Fsp3) is 0.200. The molecule has 0 radical (unpaired) electrons. The van der Waals surface area contributed by atoms with Crippen molar-refractivity contribution in [3.05, 3.63) is 53.5 Å². The summed E-state index contributed by atoms with van der Waals surface area (Å²) < 4.78 is 5.67. The number of nitrogens with two attached hydrogens (primary N) is 1. The molecule has 1 aromatic carbocycles. The van der Waals surface area contributed by atoms with Crippen molar-refractivity contribution < 1.29 is 4.42 Å². The third-order valence-electron chi connectivity index (χ3n) is 3.02. The fourth-order valence-corrected chi connectivity index (χ4v) is 2.06. The zero-order valence-corrected chi connectivity index (χ0v) is 10.8. The molecule has 2 aromatic heterocycles. The van der Waals surface area contributed by atoms with Crippen LogP contribution in [0.25, 0.3) is 11.2 Å². The lowest BCUT2D eigenvalue weighted by atomic mass is 10.1. The van der Waals surface area contributed by atoms with Crippen molar-refractivity contribution in [1.82, 2.24) is 9.97 Å². The number of oxazole rings is 1. The number of anilines is 1. The van der Waals surface area contributed by atoms with Gasteiger partial charge in [0.05, 0.1) is 0 Å². The molecule has 0 aliphatic rings. The maximum atomic E-state index is 5.76. The predicted octanol–water partition coefficient (Wildman–Crippen LogP) is 2.90. The highest BCUT2D eigenvalue weighted by Crippen LogP contribution is 2.16. The van der Waals surface area contributed by atoms with E-state index in [2.05, 4.69) is 16.0 Å². The summed E-state index contributed by atoms with van der Waals surface area (Å²) in [7, 11) is 0. The Morgan fingerprint density at radius 1 is 1.11 bits per heavy atom. The van der Waals surface area contributed by atoms with Gasteiger partial charge >= 0.3 is 0 Å². The van der Waals surface area contributed by atoms with E-state index in [0.717, 1.165) is 35.7 Å². The minimum atomic E-state index is 0.683. The summed E-state index contributed by atoms with van der Waals surface area (Å²) in [5.41, 5.74) is 10.1. The Morgan fingerprint density at radius 3 is 2.84 bits per heavy atom. The maximum absolute atomic E-state index is 5.76. The first-order chi connectivity index (χ1) is 9.20. The molecule has 0 aliphatic carbocycles.